The van der Waals surface area contributed by atoms with E-state index in [1.165, 1.54) is 11.3 Å². The van der Waals surface area contributed by atoms with Gasteiger partial charge in [-0.25, -0.2) is 18.1 Å². The zero-order valence-corrected chi connectivity index (χ0v) is 13.9. The first kappa shape index (κ1) is 16.2. The maximum atomic E-state index is 12.5. The van der Waals surface area contributed by atoms with Crippen LogP contribution in [0.5, 0.6) is 0 Å². The topological polar surface area (TPSA) is 84.2 Å². The van der Waals surface area contributed by atoms with E-state index in [-0.39, 0.29) is 11.4 Å². The SMILES string of the molecule is CCNCc1c(C)oc(C)c1S(=O)(=O)NCc1nccs1. The molecular formula is C13H19N3O3S2. The number of nitrogens with one attached hydrogen (secondary N) is 2. The molecular weight excluding hydrogens is 310 g/mol. The van der Waals surface area contributed by atoms with Crippen LogP contribution in [0.15, 0.2) is 20.9 Å². The number of furan rings is 1. The van der Waals surface area contributed by atoms with Crippen LogP contribution in [0.3, 0.4) is 0 Å². The largest absolute Gasteiger partial charge is 0.465 e. The minimum absolute atomic E-state index is 0.185. The van der Waals surface area contributed by atoms with Crippen LogP contribution >= 0.6 is 11.3 Å². The normalized spacial score (nSPS) is 12.0. The molecule has 0 amide bonds. The van der Waals surface area contributed by atoms with Crippen LogP contribution in [0.25, 0.3) is 0 Å². The maximum absolute atomic E-state index is 12.5. The summed E-state index contributed by atoms with van der Waals surface area (Å²) in [7, 11) is -3.62. The van der Waals surface area contributed by atoms with E-state index in [0.29, 0.717) is 23.6 Å². The number of thiazole rings is 1. The van der Waals surface area contributed by atoms with Gasteiger partial charge in [-0.1, -0.05) is 6.92 Å². The summed E-state index contributed by atoms with van der Waals surface area (Å²) in [5, 5.41) is 5.68. The molecule has 0 bridgehead atoms. The summed E-state index contributed by atoms with van der Waals surface area (Å²) in [4.78, 5) is 4.30. The number of hydrogen-bond acceptors (Lipinski definition) is 6. The summed E-state index contributed by atoms with van der Waals surface area (Å²) >= 11 is 1.41. The van der Waals surface area contributed by atoms with Crippen molar-refractivity contribution in [1.29, 1.82) is 0 Å². The smallest absolute Gasteiger partial charge is 0.244 e. The molecule has 0 fully saturated rings. The number of aromatic nitrogens is 1. The van der Waals surface area contributed by atoms with Gasteiger partial charge in [-0.15, -0.1) is 11.3 Å². The molecule has 0 unspecified atom stereocenters. The highest BCUT2D eigenvalue weighted by atomic mass is 32.2. The molecule has 0 saturated carbocycles. The third-order valence-corrected chi connectivity index (χ3v) is 5.42. The summed E-state index contributed by atoms with van der Waals surface area (Å²) in [6, 6.07) is 0. The molecule has 21 heavy (non-hydrogen) atoms. The maximum Gasteiger partial charge on any atom is 0.244 e. The van der Waals surface area contributed by atoms with Crippen molar-refractivity contribution < 1.29 is 12.8 Å². The highest BCUT2D eigenvalue weighted by molar-refractivity contribution is 7.89. The van der Waals surface area contributed by atoms with Gasteiger partial charge in [-0.05, 0) is 20.4 Å². The Kier molecular flexibility index (Phi) is 5.15. The highest BCUT2D eigenvalue weighted by Crippen LogP contribution is 2.26. The standard InChI is InChI=1S/C13H19N3O3S2/c1-4-14-7-11-9(2)19-10(3)13(11)21(17,18)16-8-12-15-5-6-20-12/h5-6,14,16H,4,7-8H2,1-3H3. The van der Waals surface area contributed by atoms with Crippen molar-refractivity contribution in [1.82, 2.24) is 15.0 Å². The second-order valence-electron chi connectivity index (χ2n) is 4.55. The zero-order valence-electron chi connectivity index (χ0n) is 12.3. The molecule has 0 spiro atoms. The zero-order chi connectivity index (χ0) is 15.5. The van der Waals surface area contributed by atoms with Gasteiger partial charge in [0.1, 0.15) is 21.4 Å². The van der Waals surface area contributed by atoms with Crippen molar-refractivity contribution in [3.63, 3.8) is 0 Å². The lowest BCUT2D eigenvalue weighted by Crippen LogP contribution is -2.25. The van der Waals surface area contributed by atoms with Crippen LogP contribution in [-0.4, -0.2) is 19.9 Å². The van der Waals surface area contributed by atoms with Crippen LogP contribution in [-0.2, 0) is 23.1 Å². The van der Waals surface area contributed by atoms with Crippen LogP contribution in [0, 0.1) is 13.8 Å². The Bertz CT molecular complexity index is 691. The molecule has 2 rings (SSSR count). The molecule has 2 aromatic rings. The molecule has 0 saturated heterocycles. The van der Waals surface area contributed by atoms with Gasteiger partial charge >= 0.3 is 0 Å². The number of aryl methyl sites for hydroxylation is 2. The summed E-state index contributed by atoms with van der Waals surface area (Å²) in [5.74, 6) is 1.04. The predicted octanol–water partition coefficient (Wildman–Crippen LogP) is 1.94. The fourth-order valence-corrected chi connectivity index (χ4v) is 4.16. The summed E-state index contributed by atoms with van der Waals surface area (Å²) in [6.45, 7) is 6.82. The van der Waals surface area contributed by atoms with Gasteiger partial charge in [0.05, 0.1) is 6.54 Å². The summed E-state index contributed by atoms with van der Waals surface area (Å²) in [6.07, 6.45) is 1.65. The van der Waals surface area contributed by atoms with Gasteiger partial charge in [0.15, 0.2) is 0 Å². The van der Waals surface area contributed by atoms with Crippen LogP contribution in [0.1, 0.15) is 29.0 Å². The van der Waals surface area contributed by atoms with Crippen molar-refractivity contribution in [3.05, 3.63) is 33.7 Å². The molecule has 0 aliphatic carbocycles. The molecule has 6 nitrogen and oxygen atoms in total. The van der Waals surface area contributed by atoms with Gasteiger partial charge < -0.3 is 9.73 Å². The Morgan fingerprint density at radius 1 is 1.29 bits per heavy atom. The fraction of sp³-hybridized carbons (Fsp3) is 0.462. The monoisotopic (exact) mass is 329 g/mol. The average Bonchev–Trinajstić information content (AvgIpc) is 3.02. The predicted molar refractivity (Wildman–Crippen MR) is 81.7 cm³/mol. The van der Waals surface area contributed by atoms with Crippen molar-refractivity contribution in [2.24, 2.45) is 0 Å². The van der Waals surface area contributed by atoms with Crippen LogP contribution in [0.4, 0.5) is 0 Å². The van der Waals surface area contributed by atoms with E-state index in [4.69, 9.17) is 4.42 Å². The van der Waals surface area contributed by atoms with E-state index in [0.717, 1.165) is 11.6 Å². The fourth-order valence-electron chi connectivity index (χ4n) is 2.09. The van der Waals surface area contributed by atoms with Crippen LogP contribution in [0.2, 0.25) is 0 Å². The van der Waals surface area contributed by atoms with E-state index >= 15 is 0 Å². The Labute approximate surface area is 128 Å². The van der Waals surface area contributed by atoms with Gasteiger partial charge in [0.2, 0.25) is 10.0 Å². The lowest BCUT2D eigenvalue weighted by Gasteiger charge is -2.08. The Morgan fingerprint density at radius 2 is 2.05 bits per heavy atom. The van der Waals surface area contributed by atoms with Crippen LogP contribution < -0.4 is 10.0 Å². The summed E-state index contributed by atoms with van der Waals surface area (Å²) in [5.41, 5.74) is 0.681. The van der Waals surface area contributed by atoms with Crippen molar-refractivity contribution >= 4 is 21.4 Å². The van der Waals surface area contributed by atoms with Gasteiger partial charge in [-0.2, -0.15) is 0 Å². The third-order valence-electron chi connectivity index (χ3n) is 3.04. The third kappa shape index (κ3) is 3.70. The van der Waals surface area contributed by atoms with Gasteiger partial charge in [0.25, 0.3) is 0 Å². The molecule has 0 aliphatic heterocycles. The second kappa shape index (κ2) is 6.69. The van der Waals surface area contributed by atoms with Gasteiger partial charge in [0, 0.05) is 23.7 Å². The van der Waals surface area contributed by atoms with E-state index in [2.05, 4.69) is 15.0 Å². The molecule has 8 heteroatoms. The van der Waals surface area contributed by atoms with E-state index < -0.39 is 10.0 Å². The van der Waals surface area contributed by atoms with Crippen molar-refractivity contribution in [3.8, 4) is 0 Å². The first-order valence-electron chi connectivity index (χ1n) is 6.63. The van der Waals surface area contributed by atoms with E-state index in [1.807, 2.05) is 12.3 Å². The summed E-state index contributed by atoms with van der Waals surface area (Å²) < 4.78 is 33.1. The lowest BCUT2D eigenvalue weighted by molar-refractivity contribution is 0.493. The quantitative estimate of drug-likeness (QED) is 0.811. The molecule has 0 aliphatic rings. The minimum atomic E-state index is -3.62. The highest BCUT2D eigenvalue weighted by Gasteiger charge is 2.26. The second-order valence-corrected chi connectivity index (χ2v) is 7.24. The average molecular weight is 329 g/mol. The number of hydrogen-bond donors (Lipinski definition) is 2. The Hall–Kier alpha value is -1.22. The van der Waals surface area contributed by atoms with Crippen molar-refractivity contribution in [2.75, 3.05) is 6.54 Å². The molecule has 2 heterocycles. The van der Waals surface area contributed by atoms with E-state index in [9.17, 15) is 8.42 Å². The number of rotatable bonds is 7. The number of nitrogens with zero attached hydrogens (tertiary/aromatic N) is 1. The minimum Gasteiger partial charge on any atom is -0.465 e. The van der Waals surface area contributed by atoms with E-state index in [1.54, 1.807) is 20.0 Å². The first-order chi connectivity index (χ1) is 9.95. The lowest BCUT2D eigenvalue weighted by atomic mass is 10.2. The molecule has 0 radical (unpaired) electrons. The molecule has 2 aromatic heterocycles. The van der Waals surface area contributed by atoms with Gasteiger partial charge in [-0.3, -0.25) is 0 Å². The van der Waals surface area contributed by atoms with Crippen molar-refractivity contribution in [2.45, 2.75) is 38.8 Å². The Balaban J connectivity index is 2.26. The Morgan fingerprint density at radius 3 is 2.67 bits per heavy atom. The molecule has 2 N–H and O–H groups in total. The molecule has 116 valence electrons. The molecule has 0 aromatic carbocycles. The number of sulfonamides is 1. The molecule has 0 atom stereocenters. The first-order valence-corrected chi connectivity index (χ1v) is 8.99.